The van der Waals surface area contributed by atoms with Gasteiger partial charge in [-0.3, -0.25) is 4.79 Å². The number of aryl methyl sites for hydroxylation is 1. The maximum absolute atomic E-state index is 12.6. The van der Waals surface area contributed by atoms with Crippen LogP contribution < -0.4 is 4.74 Å². The minimum atomic E-state index is -0.569. The van der Waals surface area contributed by atoms with Crippen molar-refractivity contribution in [3.05, 3.63) is 60.2 Å². The van der Waals surface area contributed by atoms with E-state index in [-0.39, 0.29) is 17.5 Å². The summed E-state index contributed by atoms with van der Waals surface area (Å²) in [6.07, 6.45) is 1.38. The largest absolute Gasteiger partial charge is 0.493 e. The Hall–Kier alpha value is -1.84. The lowest BCUT2D eigenvalue weighted by Crippen LogP contribution is -2.29. The van der Waals surface area contributed by atoms with Crippen molar-refractivity contribution in [1.29, 1.82) is 0 Å². The van der Waals surface area contributed by atoms with Crippen molar-refractivity contribution in [2.45, 2.75) is 37.2 Å². The summed E-state index contributed by atoms with van der Waals surface area (Å²) < 4.78 is 22.9. The Bertz CT molecular complexity index is 738. The van der Waals surface area contributed by atoms with Crippen LogP contribution >= 0.6 is 20.2 Å². The van der Waals surface area contributed by atoms with Gasteiger partial charge in [-0.15, -0.1) is 11.8 Å². The highest BCUT2D eigenvalue weighted by Crippen LogP contribution is 2.34. The Morgan fingerprint density at radius 3 is 2.43 bits per heavy atom. The summed E-state index contributed by atoms with van der Waals surface area (Å²) in [5.41, 5.74) is 0.904. The highest BCUT2D eigenvalue weighted by Gasteiger charge is 2.35. The summed E-state index contributed by atoms with van der Waals surface area (Å²) in [5.74, 6) is 0.748. The monoisotopic (exact) mass is 419 g/mol. The number of carbonyl (C=O) groups excluding carboxylic acids is 1. The first-order valence-electron chi connectivity index (χ1n) is 9.62. The number of hydrogen-bond acceptors (Lipinski definition) is 5. The lowest BCUT2D eigenvalue weighted by Gasteiger charge is -2.17. The van der Waals surface area contributed by atoms with Gasteiger partial charge in [-0.1, -0.05) is 47.0 Å². The van der Waals surface area contributed by atoms with Crippen LogP contribution in [0.15, 0.2) is 59.5 Å². The number of carbonyl (C=O) groups is 1. The standard InChI is InChI=1S/C22H27O4PS/c1-3-25-19-12-8-9-13-21(19)28-16-20(27-24)18(22(23)26-4-2)15-14-17-10-6-5-7-11-17/h5-13,18,20H,3-4,14-16H2,1-2H3/p+1. The Morgan fingerprint density at radius 1 is 1.04 bits per heavy atom. The van der Waals surface area contributed by atoms with Gasteiger partial charge in [0.2, 0.25) is 0 Å². The first-order chi connectivity index (χ1) is 13.7. The highest BCUT2D eigenvalue weighted by molar-refractivity contribution is 7.99. The van der Waals surface area contributed by atoms with E-state index in [1.807, 2.05) is 61.5 Å². The SMILES string of the molecule is CCOC(=O)C(CCc1ccccc1)C(CSc1ccccc1OCC)[PH+]=O. The molecule has 2 rings (SSSR count). The van der Waals surface area contributed by atoms with Crippen LogP contribution in [-0.4, -0.2) is 30.6 Å². The quantitative estimate of drug-likeness (QED) is 0.263. The van der Waals surface area contributed by atoms with E-state index in [9.17, 15) is 9.36 Å². The van der Waals surface area contributed by atoms with Crippen LogP contribution in [0, 0.1) is 5.92 Å². The van der Waals surface area contributed by atoms with Gasteiger partial charge in [0.15, 0.2) is 5.66 Å². The Labute approximate surface area is 173 Å². The number of benzene rings is 2. The molecule has 0 aromatic heterocycles. The predicted molar refractivity (Wildman–Crippen MR) is 116 cm³/mol. The molecule has 0 saturated heterocycles. The van der Waals surface area contributed by atoms with Crippen molar-refractivity contribution in [3.8, 4) is 5.75 Å². The van der Waals surface area contributed by atoms with Crippen LogP contribution in [0.2, 0.25) is 0 Å². The van der Waals surface area contributed by atoms with Crippen LogP contribution in [0.5, 0.6) is 5.75 Å². The van der Waals surface area contributed by atoms with Crippen molar-refractivity contribution in [2.75, 3.05) is 19.0 Å². The van der Waals surface area contributed by atoms with Gasteiger partial charge in [-0.2, -0.15) is 0 Å². The topological polar surface area (TPSA) is 52.6 Å². The van der Waals surface area contributed by atoms with Crippen LogP contribution in [0.4, 0.5) is 0 Å². The fourth-order valence-electron chi connectivity index (χ4n) is 2.96. The normalized spacial score (nSPS) is 13.1. The van der Waals surface area contributed by atoms with Gasteiger partial charge in [-0.05, 0) is 44.4 Å². The van der Waals surface area contributed by atoms with Crippen LogP contribution in [0.3, 0.4) is 0 Å². The molecule has 28 heavy (non-hydrogen) atoms. The summed E-state index contributed by atoms with van der Waals surface area (Å²) in [6.45, 7) is 4.67. The molecule has 0 N–H and O–H groups in total. The fourth-order valence-corrected chi connectivity index (χ4v) is 4.98. The van der Waals surface area contributed by atoms with E-state index >= 15 is 0 Å². The number of hydrogen-bond donors (Lipinski definition) is 0. The van der Waals surface area contributed by atoms with E-state index in [0.717, 1.165) is 17.1 Å². The maximum atomic E-state index is 12.6. The second-order valence-corrected chi connectivity index (χ2v) is 8.34. The number of thioether (sulfide) groups is 1. The lowest BCUT2D eigenvalue weighted by atomic mass is 9.96. The molecule has 3 atom stereocenters. The van der Waals surface area contributed by atoms with Crippen LogP contribution in [-0.2, 0) is 20.5 Å². The number of rotatable bonds is 12. The number of esters is 1. The lowest BCUT2D eigenvalue weighted by molar-refractivity contribution is -0.148. The summed E-state index contributed by atoms with van der Waals surface area (Å²) in [4.78, 5) is 13.6. The minimum absolute atomic E-state index is 0.259. The fraction of sp³-hybridized carbons (Fsp3) is 0.409. The molecule has 0 aliphatic rings. The van der Waals surface area contributed by atoms with E-state index in [0.29, 0.717) is 25.4 Å². The zero-order valence-corrected chi connectivity index (χ0v) is 18.2. The second-order valence-electron chi connectivity index (χ2n) is 6.30. The Kier molecular flexibility index (Phi) is 10.1. The molecule has 0 saturated carbocycles. The molecule has 2 aromatic rings. The zero-order valence-electron chi connectivity index (χ0n) is 16.4. The van der Waals surface area contributed by atoms with E-state index in [4.69, 9.17) is 9.47 Å². The van der Waals surface area contributed by atoms with Crippen molar-refractivity contribution in [3.63, 3.8) is 0 Å². The summed E-state index contributed by atoms with van der Waals surface area (Å²) >= 11 is 1.58. The number of ether oxygens (including phenoxy) is 2. The average molecular weight is 420 g/mol. The van der Waals surface area contributed by atoms with E-state index in [1.165, 1.54) is 5.56 Å². The molecule has 0 bridgehead atoms. The molecule has 0 radical (unpaired) electrons. The van der Waals surface area contributed by atoms with E-state index < -0.39 is 8.46 Å². The summed E-state index contributed by atoms with van der Waals surface area (Å²) in [7, 11) is -0.569. The molecular weight excluding hydrogens is 391 g/mol. The molecular formula is C22H28O4PS+. The van der Waals surface area contributed by atoms with Gasteiger partial charge in [0.1, 0.15) is 11.7 Å². The Balaban J connectivity index is 2.08. The molecule has 6 heteroatoms. The molecule has 0 aliphatic heterocycles. The first kappa shape index (κ1) is 22.4. The van der Waals surface area contributed by atoms with Crippen molar-refractivity contribution < 1.29 is 18.8 Å². The molecule has 0 spiro atoms. The Morgan fingerprint density at radius 2 is 1.75 bits per heavy atom. The van der Waals surface area contributed by atoms with Gasteiger partial charge < -0.3 is 9.47 Å². The molecule has 150 valence electrons. The average Bonchev–Trinajstić information content (AvgIpc) is 2.72. The van der Waals surface area contributed by atoms with E-state index in [1.54, 1.807) is 18.7 Å². The molecule has 2 aromatic carbocycles. The third-order valence-electron chi connectivity index (χ3n) is 4.38. The van der Waals surface area contributed by atoms with Gasteiger partial charge in [-0.25, -0.2) is 0 Å². The van der Waals surface area contributed by atoms with Crippen molar-refractivity contribution in [1.82, 2.24) is 0 Å². The summed E-state index contributed by atoms with van der Waals surface area (Å²) in [5, 5.41) is 0. The van der Waals surface area contributed by atoms with Gasteiger partial charge >= 0.3 is 14.4 Å². The molecule has 0 aliphatic carbocycles. The van der Waals surface area contributed by atoms with Crippen molar-refractivity contribution in [2.24, 2.45) is 5.92 Å². The molecule has 3 unspecified atom stereocenters. The van der Waals surface area contributed by atoms with Gasteiger partial charge in [0, 0.05) is 10.6 Å². The minimum Gasteiger partial charge on any atom is -0.493 e. The third-order valence-corrected chi connectivity index (χ3v) is 6.76. The smallest absolute Gasteiger partial charge is 0.329 e. The maximum Gasteiger partial charge on any atom is 0.329 e. The molecule has 4 nitrogen and oxygen atoms in total. The molecule has 0 fully saturated rings. The van der Waals surface area contributed by atoms with Gasteiger partial charge in [0.25, 0.3) is 0 Å². The molecule has 0 amide bonds. The summed E-state index contributed by atoms with van der Waals surface area (Å²) in [6, 6.07) is 17.8. The number of para-hydroxylation sites is 1. The first-order valence-corrected chi connectivity index (χ1v) is 11.6. The van der Waals surface area contributed by atoms with Crippen LogP contribution in [0.1, 0.15) is 25.8 Å². The van der Waals surface area contributed by atoms with Gasteiger partial charge in [0.05, 0.1) is 13.2 Å². The van der Waals surface area contributed by atoms with E-state index in [2.05, 4.69) is 0 Å². The predicted octanol–water partition coefficient (Wildman–Crippen LogP) is 5.38. The third kappa shape index (κ3) is 6.96. The van der Waals surface area contributed by atoms with Crippen LogP contribution in [0.25, 0.3) is 0 Å². The second kappa shape index (κ2) is 12.6. The highest BCUT2D eigenvalue weighted by atomic mass is 32.2. The zero-order chi connectivity index (χ0) is 20.2. The van der Waals surface area contributed by atoms with Crippen molar-refractivity contribution >= 4 is 26.2 Å². The molecule has 0 heterocycles.